The summed E-state index contributed by atoms with van der Waals surface area (Å²) >= 11 is 0. The number of nitrogens with zero attached hydrogens (tertiary/aromatic N) is 2. The van der Waals surface area contributed by atoms with Crippen LogP contribution in [0, 0.1) is 6.92 Å². The Bertz CT molecular complexity index is 399. The Balaban J connectivity index is 2.17. The van der Waals surface area contributed by atoms with Crippen LogP contribution in [0.15, 0.2) is 12.4 Å². The fourth-order valence-electron chi connectivity index (χ4n) is 1.78. The van der Waals surface area contributed by atoms with Crippen LogP contribution >= 0.6 is 0 Å². The van der Waals surface area contributed by atoms with E-state index in [2.05, 4.69) is 15.3 Å². The van der Waals surface area contributed by atoms with Gasteiger partial charge < -0.3 is 15.2 Å². The van der Waals surface area contributed by atoms with E-state index < -0.39 is 11.5 Å². The Morgan fingerprint density at radius 3 is 2.53 bits per heavy atom. The summed E-state index contributed by atoms with van der Waals surface area (Å²) in [6.45, 7) is 2.75. The molecule has 2 N–H and O–H groups in total. The molecule has 1 aliphatic heterocycles. The van der Waals surface area contributed by atoms with E-state index in [0.717, 1.165) is 5.56 Å². The molecule has 0 unspecified atom stereocenters. The average molecular weight is 237 g/mol. The number of aromatic nitrogens is 2. The highest BCUT2D eigenvalue weighted by Crippen LogP contribution is 2.24. The zero-order valence-corrected chi connectivity index (χ0v) is 9.64. The zero-order valence-electron chi connectivity index (χ0n) is 9.64. The Morgan fingerprint density at radius 1 is 1.41 bits per heavy atom. The highest BCUT2D eigenvalue weighted by Gasteiger charge is 2.40. The van der Waals surface area contributed by atoms with Crippen molar-refractivity contribution in [3.8, 4) is 0 Å². The second kappa shape index (κ2) is 4.67. The van der Waals surface area contributed by atoms with Crippen molar-refractivity contribution in [2.24, 2.45) is 0 Å². The van der Waals surface area contributed by atoms with E-state index in [-0.39, 0.29) is 0 Å². The number of anilines is 1. The van der Waals surface area contributed by atoms with Crippen molar-refractivity contribution < 1.29 is 14.6 Å². The van der Waals surface area contributed by atoms with Gasteiger partial charge in [-0.3, -0.25) is 0 Å². The van der Waals surface area contributed by atoms with Gasteiger partial charge in [-0.25, -0.2) is 14.8 Å². The van der Waals surface area contributed by atoms with Crippen LogP contribution in [0.3, 0.4) is 0 Å². The first kappa shape index (κ1) is 11.8. The molecule has 0 saturated carbocycles. The van der Waals surface area contributed by atoms with Crippen molar-refractivity contribution in [2.75, 3.05) is 18.5 Å². The van der Waals surface area contributed by atoms with Crippen molar-refractivity contribution >= 4 is 11.9 Å². The lowest BCUT2D eigenvalue weighted by Crippen LogP contribution is -2.50. The van der Waals surface area contributed by atoms with Gasteiger partial charge in [-0.05, 0) is 12.5 Å². The number of ether oxygens (including phenoxy) is 1. The van der Waals surface area contributed by atoms with Crippen molar-refractivity contribution in [2.45, 2.75) is 25.3 Å². The van der Waals surface area contributed by atoms with Gasteiger partial charge in [-0.2, -0.15) is 0 Å². The molecule has 17 heavy (non-hydrogen) atoms. The zero-order chi connectivity index (χ0) is 12.3. The van der Waals surface area contributed by atoms with Crippen LogP contribution in [0.4, 0.5) is 5.95 Å². The molecule has 1 fully saturated rings. The Morgan fingerprint density at radius 2 is 2.00 bits per heavy atom. The monoisotopic (exact) mass is 237 g/mol. The van der Waals surface area contributed by atoms with Gasteiger partial charge in [0.15, 0.2) is 0 Å². The summed E-state index contributed by atoms with van der Waals surface area (Å²) in [4.78, 5) is 19.5. The number of aryl methyl sites for hydroxylation is 1. The van der Waals surface area contributed by atoms with Crippen LogP contribution in [0.2, 0.25) is 0 Å². The summed E-state index contributed by atoms with van der Waals surface area (Å²) in [7, 11) is 0. The van der Waals surface area contributed by atoms with Crippen LogP contribution in [-0.4, -0.2) is 39.8 Å². The molecular formula is C11H15N3O3. The Labute approximate surface area is 99.0 Å². The first-order valence-corrected chi connectivity index (χ1v) is 5.50. The topological polar surface area (TPSA) is 84.3 Å². The van der Waals surface area contributed by atoms with Gasteiger partial charge in [0.25, 0.3) is 0 Å². The summed E-state index contributed by atoms with van der Waals surface area (Å²) in [5.41, 5.74) is -0.0695. The number of rotatable bonds is 3. The van der Waals surface area contributed by atoms with E-state index in [0.29, 0.717) is 32.0 Å². The lowest BCUT2D eigenvalue weighted by molar-refractivity contribution is -0.145. The summed E-state index contributed by atoms with van der Waals surface area (Å²) < 4.78 is 5.19. The van der Waals surface area contributed by atoms with Gasteiger partial charge in [-0.1, -0.05) is 0 Å². The number of carboxylic acid groups (broad SMARTS) is 1. The Hall–Kier alpha value is -1.69. The standard InChI is InChI=1S/C11H15N3O3/c1-8-6-12-10(13-7-8)14-11(9(15)16)2-4-17-5-3-11/h6-7H,2-5H2,1H3,(H,15,16)(H,12,13,14). The minimum absolute atomic E-state index is 0.347. The molecule has 1 aliphatic rings. The molecule has 0 spiro atoms. The molecule has 1 saturated heterocycles. The highest BCUT2D eigenvalue weighted by atomic mass is 16.5. The van der Waals surface area contributed by atoms with E-state index in [1.165, 1.54) is 0 Å². The van der Waals surface area contributed by atoms with Gasteiger partial charge >= 0.3 is 5.97 Å². The second-order valence-electron chi connectivity index (χ2n) is 4.21. The number of nitrogens with one attached hydrogen (secondary N) is 1. The van der Waals surface area contributed by atoms with Crippen molar-refractivity contribution in [1.82, 2.24) is 9.97 Å². The molecule has 0 atom stereocenters. The summed E-state index contributed by atoms with van der Waals surface area (Å²) in [5, 5.41) is 12.3. The maximum Gasteiger partial charge on any atom is 0.329 e. The smallest absolute Gasteiger partial charge is 0.329 e. The van der Waals surface area contributed by atoms with Crippen LogP contribution in [0.5, 0.6) is 0 Å². The average Bonchev–Trinajstić information content (AvgIpc) is 2.33. The van der Waals surface area contributed by atoms with Crippen LogP contribution in [0.1, 0.15) is 18.4 Å². The van der Waals surface area contributed by atoms with Crippen LogP contribution in [0.25, 0.3) is 0 Å². The van der Waals surface area contributed by atoms with E-state index in [9.17, 15) is 9.90 Å². The number of hydrogen-bond acceptors (Lipinski definition) is 5. The molecule has 0 aliphatic carbocycles. The van der Waals surface area contributed by atoms with Crippen molar-refractivity contribution in [1.29, 1.82) is 0 Å². The molecule has 0 aromatic carbocycles. The molecule has 0 radical (unpaired) electrons. The minimum Gasteiger partial charge on any atom is -0.480 e. The summed E-state index contributed by atoms with van der Waals surface area (Å²) in [5.74, 6) is -0.537. The second-order valence-corrected chi connectivity index (χ2v) is 4.21. The normalized spacial score (nSPS) is 18.6. The molecule has 0 bridgehead atoms. The SMILES string of the molecule is Cc1cnc(NC2(C(=O)O)CCOCC2)nc1. The maximum atomic E-state index is 11.4. The lowest BCUT2D eigenvalue weighted by atomic mass is 9.90. The molecule has 6 nitrogen and oxygen atoms in total. The molecule has 2 rings (SSSR count). The molecule has 1 aromatic rings. The Kier molecular flexibility index (Phi) is 3.23. The third-order valence-electron chi connectivity index (χ3n) is 2.89. The lowest BCUT2D eigenvalue weighted by Gasteiger charge is -2.33. The summed E-state index contributed by atoms with van der Waals surface area (Å²) in [6.07, 6.45) is 4.15. The number of carboxylic acids is 1. The molecule has 92 valence electrons. The van der Waals surface area contributed by atoms with E-state index in [4.69, 9.17) is 4.74 Å². The molecule has 0 amide bonds. The third kappa shape index (κ3) is 2.52. The summed E-state index contributed by atoms with van der Waals surface area (Å²) in [6, 6.07) is 0. The predicted molar refractivity (Wildman–Crippen MR) is 60.8 cm³/mol. The van der Waals surface area contributed by atoms with Gasteiger partial charge in [-0.15, -0.1) is 0 Å². The highest BCUT2D eigenvalue weighted by molar-refractivity contribution is 5.82. The van der Waals surface area contributed by atoms with Crippen LogP contribution < -0.4 is 5.32 Å². The molecule has 6 heteroatoms. The van der Waals surface area contributed by atoms with Gasteiger partial charge in [0.1, 0.15) is 5.54 Å². The fraction of sp³-hybridized carbons (Fsp3) is 0.545. The molecular weight excluding hydrogens is 222 g/mol. The van der Waals surface area contributed by atoms with Crippen LogP contribution in [-0.2, 0) is 9.53 Å². The third-order valence-corrected chi connectivity index (χ3v) is 2.89. The first-order valence-electron chi connectivity index (χ1n) is 5.50. The number of carbonyl (C=O) groups is 1. The van der Waals surface area contributed by atoms with Gasteiger partial charge in [0.05, 0.1) is 0 Å². The van der Waals surface area contributed by atoms with Gasteiger partial charge in [0, 0.05) is 38.4 Å². The van der Waals surface area contributed by atoms with E-state index >= 15 is 0 Å². The van der Waals surface area contributed by atoms with E-state index in [1.54, 1.807) is 12.4 Å². The molecule has 1 aromatic heterocycles. The maximum absolute atomic E-state index is 11.4. The first-order chi connectivity index (χ1) is 8.12. The van der Waals surface area contributed by atoms with Crippen molar-refractivity contribution in [3.05, 3.63) is 18.0 Å². The van der Waals surface area contributed by atoms with Gasteiger partial charge in [0.2, 0.25) is 5.95 Å². The minimum atomic E-state index is -1.01. The number of hydrogen-bond donors (Lipinski definition) is 2. The predicted octanol–water partition coefficient (Wildman–Crippen LogP) is 0.831. The number of aliphatic carboxylic acids is 1. The molecule has 2 heterocycles. The quantitative estimate of drug-likeness (QED) is 0.810. The largest absolute Gasteiger partial charge is 0.480 e. The van der Waals surface area contributed by atoms with E-state index in [1.807, 2.05) is 6.92 Å². The van der Waals surface area contributed by atoms with Crippen molar-refractivity contribution in [3.63, 3.8) is 0 Å². The fourth-order valence-corrected chi connectivity index (χ4v) is 1.78.